The van der Waals surface area contributed by atoms with Crippen LogP contribution in [-0.2, 0) is 16.0 Å². The molecule has 0 spiro atoms. The standard InChI is InChI=1S/C17H18N2O4/c1-12-5-2-3-6-13(12)8-10-18-15(20)11-23-17(22)14-7-4-9-19-16(14)21/h2-7,9H,8,10-11H2,1H3,(H,18,20)(H,19,21). The van der Waals surface area contributed by atoms with Crippen molar-refractivity contribution in [1.29, 1.82) is 0 Å². The maximum atomic E-state index is 11.7. The van der Waals surface area contributed by atoms with Crippen molar-refractivity contribution in [3.8, 4) is 0 Å². The van der Waals surface area contributed by atoms with Crippen LogP contribution < -0.4 is 10.9 Å². The second-order valence-electron chi connectivity index (χ2n) is 5.02. The highest BCUT2D eigenvalue weighted by molar-refractivity contribution is 5.90. The summed E-state index contributed by atoms with van der Waals surface area (Å²) in [5.41, 5.74) is 1.65. The Morgan fingerprint density at radius 1 is 1.17 bits per heavy atom. The number of nitrogens with one attached hydrogen (secondary N) is 2. The third-order valence-electron chi connectivity index (χ3n) is 3.35. The molecule has 0 aliphatic carbocycles. The van der Waals surface area contributed by atoms with Gasteiger partial charge < -0.3 is 15.0 Å². The number of aromatic amines is 1. The zero-order chi connectivity index (χ0) is 16.7. The maximum absolute atomic E-state index is 11.7. The summed E-state index contributed by atoms with van der Waals surface area (Å²) >= 11 is 0. The number of aromatic nitrogens is 1. The predicted molar refractivity (Wildman–Crippen MR) is 85.2 cm³/mol. The van der Waals surface area contributed by atoms with Crippen LogP contribution in [0.15, 0.2) is 47.4 Å². The van der Waals surface area contributed by atoms with E-state index in [-0.39, 0.29) is 5.56 Å². The van der Waals surface area contributed by atoms with Crippen molar-refractivity contribution in [2.75, 3.05) is 13.2 Å². The van der Waals surface area contributed by atoms with E-state index >= 15 is 0 Å². The summed E-state index contributed by atoms with van der Waals surface area (Å²) < 4.78 is 4.83. The SMILES string of the molecule is Cc1ccccc1CCNC(=O)COC(=O)c1ccc[nH]c1=O. The molecule has 1 amide bonds. The monoisotopic (exact) mass is 314 g/mol. The summed E-state index contributed by atoms with van der Waals surface area (Å²) in [6.45, 7) is 2.05. The summed E-state index contributed by atoms with van der Waals surface area (Å²) in [6, 6.07) is 10.8. The molecule has 6 nitrogen and oxygen atoms in total. The van der Waals surface area contributed by atoms with Gasteiger partial charge in [0.2, 0.25) is 0 Å². The molecule has 2 aromatic rings. The van der Waals surface area contributed by atoms with Crippen LogP contribution in [0.4, 0.5) is 0 Å². The van der Waals surface area contributed by atoms with Crippen molar-refractivity contribution >= 4 is 11.9 Å². The van der Waals surface area contributed by atoms with E-state index in [2.05, 4.69) is 10.3 Å². The number of carbonyl (C=O) groups is 2. The second kappa shape index (κ2) is 7.93. The molecule has 1 aromatic carbocycles. The average Bonchev–Trinajstić information content (AvgIpc) is 2.55. The van der Waals surface area contributed by atoms with E-state index in [0.717, 1.165) is 11.1 Å². The summed E-state index contributed by atoms with van der Waals surface area (Å²) in [6.07, 6.45) is 2.11. The van der Waals surface area contributed by atoms with Crippen molar-refractivity contribution in [3.05, 3.63) is 69.6 Å². The van der Waals surface area contributed by atoms with E-state index < -0.39 is 24.0 Å². The van der Waals surface area contributed by atoms with Gasteiger partial charge in [-0.25, -0.2) is 4.79 Å². The first kappa shape index (κ1) is 16.5. The molecule has 0 atom stereocenters. The Morgan fingerprint density at radius 3 is 2.70 bits per heavy atom. The Balaban J connectivity index is 1.75. The lowest BCUT2D eigenvalue weighted by Gasteiger charge is -2.08. The van der Waals surface area contributed by atoms with Crippen molar-refractivity contribution in [1.82, 2.24) is 10.3 Å². The van der Waals surface area contributed by atoms with E-state index in [4.69, 9.17) is 4.74 Å². The van der Waals surface area contributed by atoms with Crippen LogP contribution in [0, 0.1) is 6.92 Å². The van der Waals surface area contributed by atoms with E-state index in [1.165, 1.54) is 18.3 Å². The quantitative estimate of drug-likeness (QED) is 0.784. The number of hydrogen-bond donors (Lipinski definition) is 2. The number of amides is 1. The van der Waals surface area contributed by atoms with Crippen molar-refractivity contribution in [2.45, 2.75) is 13.3 Å². The first-order chi connectivity index (χ1) is 11.1. The zero-order valence-electron chi connectivity index (χ0n) is 12.8. The number of esters is 1. The smallest absolute Gasteiger partial charge is 0.344 e. The van der Waals surface area contributed by atoms with E-state index in [0.29, 0.717) is 13.0 Å². The van der Waals surface area contributed by atoms with Gasteiger partial charge in [0.1, 0.15) is 5.56 Å². The van der Waals surface area contributed by atoms with Gasteiger partial charge in [-0.2, -0.15) is 0 Å². The van der Waals surface area contributed by atoms with Gasteiger partial charge in [-0.05, 0) is 36.6 Å². The van der Waals surface area contributed by atoms with Crippen molar-refractivity contribution in [2.24, 2.45) is 0 Å². The fourth-order valence-electron chi connectivity index (χ4n) is 2.07. The molecule has 0 fully saturated rings. The van der Waals surface area contributed by atoms with Crippen LogP contribution >= 0.6 is 0 Å². The predicted octanol–water partition coefficient (Wildman–Crippen LogP) is 1.20. The van der Waals surface area contributed by atoms with Crippen molar-refractivity contribution < 1.29 is 14.3 Å². The molecular formula is C17H18N2O4. The molecule has 0 aliphatic heterocycles. The molecule has 0 aliphatic rings. The largest absolute Gasteiger partial charge is 0.452 e. The number of benzene rings is 1. The van der Waals surface area contributed by atoms with Gasteiger partial charge in [0.05, 0.1) is 0 Å². The highest BCUT2D eigenvalue weighted by atomic mass is 16.5. The molecule has 0 bridgehead atoms. The first-order valence-corrected chi connectivity index (χ1v) is 7.24. The van der Waals surface area contributed by atoms with Crippen molar-refractivity contribution in [3.63, 3.8) is 0 Å². The van der Waals surface area contributed by atoms with Crippen LogP contribution in [-0.4, -0.2) is 30.0 Å². The van der Waals surface area contributed by atoms with Crippen LogP contribution in [0.5, 0.6) is 0 Å². The molecule has 0 saturated heterocycles. The summed E-state index contributed by atoms with van der Waals surface area (Å²) in [7, 11) is 0. The minimum absolute atomic E-state index is 0.125. The van der Waals surface area contributed by atoms with E-state index in [9.17, 15) is 14.4 Å². The van der Waals surface area contributed by atoms with Gasteiger partial charge in [-0.3, -0.25) is 9.59 Å². The molecule has 6 heteroatoms. The molecule has 120 valence electrons. The van der Waals surface area contributed by atoms with Crippen LogP contribution in [0.3, 0.4) is 0 Å². The average molecular weight is 314 g/mol. The summed E-state index contributed by atoms with van der Waals surface area (Å²) in [5, 5.41) is 2.68. The van der Waals surface area contributed by atoms with Crippen LogP contribution in [0.2, 0.25) is 0 Å². The second-order valence-corrected chi connectivity index (χ2v) is 5.02. The maximum Gasteiger partial charge on any atom is 0.344 e. The topological polar surface area (TPSA) is 88.3 Å². The van der Waals surface area contributed by atoms with Gasteiger partial charge in [-0.1, -0.05) is 24.3 Å². The Hall–Kier alpha value is -2.89. The molecule has 1 heterocycles. The highest BCUT2D eigenvalue weighted by Crippen LogP contribution is 2.06. The molecule has 2 N–H and O–H groups in total. The number of hydrogen-bond acceptors (Lipinski definition) is 4. The molecule has 2 rings (SSSR count). The lowest BCUT2D eigenvalue weighted by Crippen LogP contribution is -2.31. The summed E-state index contributed by atoms with van der Waals surface area (Å²) in [5.74, 6) is -1.22. The van der Waals surface area contributed by atoms with Gasteiger partial charge in [0, 0.05) is 12.7 Å². The van der Waals surface area contributed by atoms with Crippen LogP contribution in [0.1, 0.15) is 21.5 Å². The Morgan fingerprint density at radius 2 is 1.96 bits per heavy atom. The Kier molecular flexibility index (Phi) is 5.68. The minimum atomic E-state index is -0.819. The number of rotatable bonds is 6. The number of H-pyrrole nitrogens is 1. The third-order valence-corrected chi connectivity index (χ3v) is 3.35. The Labute approximate surface area is 133 Å². The number of carbonyl (C=O) groups excluding carboxylic acids is 2. The molecular weight excluding hydrogens is 296 g/mol. The normalized spacial score (nSPS) is 10.1. The minimum Gasteiger partial charge on any atom is -0.452 e. The van der Waals surface area contributed by atoms with Crippen LogP contribution in [0.25, 0.3) is 0 Å². The summed E-state index contributed by atoms with van der Waals surface area (Å²) in [4.78, 5) is 37.1. The number of pyridine rings is 1. The zero-order valence-corrected chi connectivity index (χ0v) is 12.8. The number of aryl methyl sites for hydroxylation is 1. The fraction of sp³-hybridized carbons (Fsp3) is 0.235. The molecule has 23 heavy (non-hydrogen) atoms. The fourth-order valence-corrected chi connectivity index (χ4v) is 2.07. The Bertz CT molecular complexity index is 752. The molecule has 0 saturated carbocycles. The lowest BCUT2D eigenvalue weighted by atomic mass is 10.1. The van der Waals surface area contributed by atoms with Gasteiger partial charge >= 0.3 is 5.97 Å². The molecule has 0 unspecified atom stereocenters. The van der Waals surface area contributed by atoms with Gasteiger partial charge in [0.15, 0.2) is 6.61 Å². The number of ether oxygens (including phenoxy) is 1. The first-order valence-electron chi connectivity index (χ1n) is 7.24. The highest BCUT2D eigenvalue weighted by Gasteiger charge is 2.13. The van der Waals surface area contributed by atoms with E-state index in [1.807, 2.05) is 31.2 Å². The van der Waals surface area contributed by atoms with Gasteiger partial charge in [0.25, 0.3) is 11.5 Å². The lowest BCUT2D eigenvalue weighted by molar-refractivity contribution is -0.124. The van der Waals surface area contributed by atoms with E-state index in [1.54, 1.807) is 0 Å². The third kappa shape index (κ3) is 4.81. The molecule has 0 radical (unpaired) electrons. The van der Waals surface area contributed by atoms with Gasteiger partial charge in [-0.15, -0.1) is 0 Å². The molecule has 1 aromatic heterocycles.